The molecule has 1 atom stereocenters. The zero-order chi connectivity index (χ0) is 19.5. The van der Waals surface area contributed by atoms with E-state index in [4.69, 9.17) is 9.15 Å². The lowest BCUT2D eigenvalue weighted by molar-refractivity contribution is -0.155. The van der Waals surface area contributed by atoms with Crippen molar-refractivity contribution in [3.05, 3.63) is 34.8 Å². The lowest BCUT2D eigenvalue weighted by Crippen LogP contribution is -2.50. The van der Waals surface area contributed by atoms with Crippen molar-refractivity contribution in [2.24, 2.45) is 0 Å². The number of urea groups is 1. The van der Waals surface area contributed by atoms with Gasteiger partial charge in [0, 0.05) is 5.54 Å². The number of benzene rings is 1. The summed E-state index contributed by atoms with van der Waals surface area (Å²) in [6, 6.07) is 5.93. The van der Waals surface area contributed by atoms with E-state index in [1.165, 1.54) is 6.92 Å². The van der Waals surface area contributed by atoms with Crippen LogP contribution in [-0.4, -0.2) is 34.1 Å². The van der Waals surface area contributed by atoms with E-state index in [1.807, 2.05) is 0 Å². The highest BCUT2D eigenvalue weighted by Gasteiger charge is 2.23. The van der Waals surface area contributed by atoms with Crippen molar-refractivity contribution in [3.63, 3.8) is 0 Å². The van der Waals surface area contributed by atoms with Gasteiger partial charge in [0.15, 0.2) is 11.7 Å². The molecule has 1 aromatic heterocycles. The number of hydrogen-bond donors (Lipinski definition) is 2. The molecule has 2 N–H and O–H groups in total. The molecule has 0 saturated carbocycles. The Morgan fingerprint density at radius 2 is 1.88 bits per heavy atom. The first-order valence-electron chi connectivity index (χ1n) is 7.97. The number of esters is 1. The molecule has 0 bridgehead atoms. The zero-order valence-corrected chi connectivity index (χ0v) is 15.0. The van der Waals surface area contributed by atoms with E-state index in [0.29, 0.717) is 11.1 Å². The zero-order valence-electron chi connectivity index (χ0n) is 15.0. The van der Waals surface area contributed by atoms with E-state index >= 15 is 0 Å². The fourth-order valence-corrected chi connectivity index (χ4v) is 2.17. The number of rotatable bonds is 4. The molecule has 0 aliphatic heterocycles. The van der Waals surface area contributed by atoms with Crippen molar-refractivity contribution in [1.82, 2.24) is 15.2 Å². The van der Waals surface area contributed by atoms with Crippen LogP contribution >= 0.6 is 0 Å². The summed E-state index contributed by atoms with van der Waals surface area (Å²) in [5.74, 6) is -2.29. The fourth-order valence-electron chi connectivity index (χ4n) is 2.17. The Morgan fingerprint density at radius 3 is 2.54 bits per heavy atom. The third kappa shape index (κ3) is 4.95. The average molecular weight is 363 g/mol. The number of aromatic nitrogens is 1. The maximum atomic E-state index is 12.0. The molecule has 1 aromatic carbocycles. The molecule has 1 heterocycles. The number of imide groups is 1. The summed E-state index contributed by atoms with van der Waals surface area (Å²) in [5, 5.41) is 4.64. The van der Waals surface area contributed by atoms with Gasteiger partial charge in [-0.3, -0.25) is 19.5 Å². The highest BCUT2D eigenvalue weighted by molar-refractivity contribution is 5.97. The molecule has 0 radical (unpaired) electrons. The molecule has 0 saturated heterocycles. The minimum absolute atomic E-state index is 0.343. The van der Waals surface area contributed by atoms with Gasteiger partial charge in [0.25, 0.3) is 5.91 Å². The van der Waals surface area contributed by atoms with Crippen LogP contribution in [-0.2, 0) is 20.9 Å². The Kier molecular flexibility index (Phi) is 5.49. The standard InChI is InChI=1S/C17H21N3O6/c1-10(14(22)18-15(23)19-17(2,3)4)25-13(21)9-20-11-7-5-6-8-12(11)26-16(20)24/h5-8,10H,9H2,1-4H3,(H2,18,19,22,23). The summed E-state index contributed by atoms with van der Waals surface area (Å²) < 4.78 is 11.1. The van der Waals surface area contributed by atoms with Gasteiger partial charge in [-0.15, -0.1) is 0 Å². The lowest BCUT2D eigenvalue weighted by atomic mass is 10.1. The minimum atomic E-state index is -1.21. The number of carbonyl (C=O) groups excluding carboxylic acids is 3. The van der Waals surface area contributed by atoms with Crippen LogP contribution in [0.15, 0.2) is 33.5 Å². The average Bonchev–Trinajstić information content (AvgIpc) is 2.81. The van der Waals surface area contributed by atoms with Crippen LogP contribution in [0, 0.1) is 0 Å². The quantitative estimate of drug-likeness (QED) is 0.787. The predicted molar refractivity (Wildman–Crippen MR) is 92.5 cm³/mol. The van der Waals surface area contributed by atoms with Crippen LogP contribution in [0.5, 0.6) is 0 Å². The molecule has 26 heavy (non-hydrogen) atoms. The van der Waals surface area contributed by atoms with Crippen molar-refractivity contribution >= 4 is 29.0 Å². The monoisotopic (exact) mass is 363 g/mol. The number of oxazole rings is 1. The number of para-hydroxylation sites is 2. The first kappa shape index (κ1) is 19.2. The smallest absolute Gasteiger partial charge is 0.420 e. The maximum Gasteiger partial charge on any atom is 0.420 e. The topological polar surface area (TPSA) is 120 Å². The van der Waals surface area contributed by atoms with E-state index in [1.54, 1.807) is 45.0 Å². The Morgan fingerprint density at radius 1 is 1.23 bits per heavy atom. The molecule has 9 heteroatoms. The van der Waals surface area contributed by atoms with Gasteiger partial charge < -0.3 is 14.5 Å². The highest BCUT2D eigenvalue weighted by atomic mass is 16.5. The van der Waals surface area contributed by atoms with Crippen molar-refractivity contribution in [2.75, 3.05) is 0 Å². The first-order valence-corrected chi connectivity index (χ1v) is 7.97. The summed E-state index contributed by atoms with van der Waals surface area (Å²) in [6.07, 6.45) is -1.21. The van der Waals surface area contributed by atoms with Crippen LogP contribution < -0.4 is 16.4 Å². The van der Waals surface area contributed by atoms with Gasteiger partial charge in [-0.1, -0.05) is 12.1 Å². The second-order valence-electron chi connectivity index (χ2n) is 6.75. The van der Waals surface area contributed by atoms with Crippen molar-refractivity contribution < 1.29 is 23.5 Å². The van der Waals surface area contributed by atoms with Gasteiger partial charge in [-0.05, 0) is 39.8 Å². The van der Waals surface area contributed by atoms with Crippen LogP contribution in [0.2, 0.25) is 0 Å². The summed E-state index contributed by atoms with van der Waals surface area (Å²) >= 11 is 0. The van der Waals surface area contributed by atoms with Gasteiger partial charge in [0.05, 0.1) is 5.52 Å². The number of hydrogen-bond acceptors (Lipinski definition) is 6. The normalized spacial score (nSPS) is 12.5. The van der Waals surface area contributed by atoms with E-state index in [9.17, 15) is 19.2 Å². The Bertz CT molecular complexity index is 890. The van der Waals surface area contributed by atoms with Crippen LogP contribution in [0.4, 0.5) is 4.79 Å². The van der Waals surface area contributed by atoms with E-state index < -0.39 is 41.9 Å². The third-order valence-corrected chi connectivity index (χ3v) is 3.26. The van der Waals surface area contributed by atoms with Gasteiger partial charge in [0.2, 0.25) is 0 Å². The minimum Gasteiger partial charge on any atom is -0.451 e. The second-order valence-corrected chi connectivity index (χ2v) is 6.75. The fraction of sp³-hybridized carbons (Fsp3) is 0.412. The first-order chi connectivity index (χ1) is 12.1. The molecule has 0 aliphatic rings. The van der Waals surface area contributed by atoms with Crippen molar-refractivity contribution in [1.29, 1.82) is 0 Å². The molecule has 2 aromatic rings. The maximum absolute atomic E-state index is 12.0. The summed E-state index contributed by atoms with van der Waals surface area (Å²) in [5.41, 5.74) is 0.263. The van der Waals surface area contributed by atoms with Gasteiger partial charge >= 0.3 is 17.8 Å². The lowest BCUT2D eigenvalue weighted by Gasteiger charge is -2.21. The predicted octanol–water partition coefficient (Wildman–Crippen LogP) is 1.15. The van der Waals surface area contributed by atoms with Gasteiger partial charge in [-0.2, -0.15) is 0 Å². The summed E-state index contributed by atoms with van der Waals surface area (Å²) in [7, 11) is 0. The summed E-state index contributed by atoms with van der Waals surface area (Å²) in [4.78, 5) is 47.4. The highest BCUT2D eigenvalue weighted by Crippen LogP contribution is 2.11. The molecular formula is C17H21N3O6. The number of ether oxygens (including phenoxy) is 1. The summed E-state index contributed by atoms with van der Waals surface area (Å²) in [6.45, 7) is 6.18. The Hall–Kier alpha value is -3.10. The molecule has 0 aliphatic carbocycles. The van der Waals surface area contributed by atoms with Crippen LogP contribution in [0.3, 0.4) is 0 Å². The van der Waals surface area contributed by atoms with Crippen LogP contribution in [0.25, 0.3) is 11.1 Å². The Balaban J connectivity index is 1.96. The molecule has 140 valence electrons. The number of fused-ring (bicyclic) bond motifs is 1. The largest absolute Gasteiger partial charge is 0.451 e. The number of nitrogens with one attached hydrogen (secondary N) is 2. The molecular weight excluding hydrogens is 342 g/mol. The van der Waals surface area contributed by atoms with Gasteiger partial charge in [0.1, 0.15) is 6.54 Å². The molecule has 1 unspecified atom stereocenters. The Labute approximate surface area is 149 Å². The van der Waals surface area contributed by atoms with Crippen LogP contribution in [0.1, 0.15) is 27.7 Å². The van der Waals surface area contributed by atoms with E-state index in [-0.39, 0.29) is 0 Å². The second kappa shape index (κ2) is 7.42. The van der Waals surface area contributed by atoms with Crippen molar-refractivity contribution in [2.45, 2.75) is 45.9 Å². The van der Waals surface area contributed by atoms with E-state index in [0.717, 1.165) is 4.57 Å². The number of amides is 3. The number of carbonyl (C=O) groups is 3. The number of nitrogens with zero attached hydrogens (tertiary/aromatic N) is 1. The molecule has 9 nitrogen and oxygen atoms in total. The molecule has 2 rings (SSSR count). The van der Waals surface area contributed by atoms with Crippen molar-refractivity contribution in [3.8, 4) is 0 Å². The third-order valence-electron chi connectivity index (χ3n) is 3.26. The van der Waals surface area contributed by atoms with Gasteiger partial charge in [-0.25, -0.2) is 9.59 Å². The molecule has 0 fully saturated rings. The van der Waals surface area contributed by atoms with E-state index in [2.05, 4.69) is 10.6 Å². The molecule has 0 spiro atoms. The molecule has 3 amide bonds. The SMILES string of the molecule is CC(OC(=O)Cn1c(=O)oc2ccccc21)C(=O)NC(=O)NC(C)(C)C.